The lowest BCUT2D eigenvalue weighted by molar-refractivity contribution is 1.26. The van der Waals surface area contributed by atoms with Crippen LogP contribution in [0.4, 0.5) is 0 Å². The first-order valence-corrected chi connectivity index (χ1v) is 20.3. The Labute approximate surface area is 329 Å². The zero-order valence-electron chi connectivity index (χ0n) is 30.6. The average molecular weight is 727 g/mol. The van der Waals surface area contributed by atoms with Gasteiger partial charge in [0.2, 0.25) is 0 Å². The minimum Gasteiger partial charge on any atom is -0.135 e. The Morgan fingerprint density at radius 1 is 0.286 bits per heavy atom. The fourth-order valence-corrected chi connectivity index (χ4v) is 10.7. The fraction of sp³-hybridized carbons (Fsp3) is 0.0182. The van der Waals surface area contributed by atoms with E-state index in [4.69, 9.17) is 0 Å². The van der Waals surface area contributed by atoms with Gasteiger partial charge in [0.25, 0.3) is 0 Å². The van der Waals surface area contributed by atoms with Crippen LogP contribution in [0.25, 0.3) is 108 Å². The van der Waals surface area contributed by atoms with Crippen LogP contribution in [0.2, 0.25) is 0 Å². The van der Waals surface area contributed by atoms with Gasteiger partial charge in [0.1, 0.15) is 0 Å². The standard InChI is InChI=1S/C55H34S/c1-2-16-41-40(11-1)33-51-42(20-9-22-44(41)51)38-14-7-12-34(29-38)36-25-27-47-45-17-3-4-18-46(45)48-28-26-37(32-53(48)52(47)31-36)35-13-8-15-39(30-35)43-21-10-23-50-49-19-5-6-24-54(49)56-55(43)50/h1-32H,33H2. The first-order chi connectivity index (χ1) is 27.7. The molecule has 0 unspecified atom stereocenters. The lowest BCUT2D eigenvalue weighted by atomic mass is 9.89. The molecule has 0 spiro atoms. The fourth-order valence-electron chi connectivity index (χ4n) is 9.45. The van der Waals surface area contributed by atoms with Crippen molar-refractivity contribution in [3.8, 4) is 55.6 Å². The molecule has 0 bridgehead atoms. The maximum absolute atomic E-state index is 2.43. The zero-order chi connectivity index (χ0) is 36.7. The van der Waals surface area contributed by atoms with Crippen LogP contribution in [0.15, 0.2) is 194 Å². The highest BCUT2D eigenvalue weighted by Crippen LogP contribution is 2.44. The molecule has 0 aliphatic heterocycles. The molecule has 56 heavy (non-hydrogen) atoms. The maximum atomic E-state index is 2.43. The van der Waals surface area contributed by atoms with E-state index in [-0.39, 0.29) is 0 Å². The van der Waals surface area contributed by atoms with Crippen molar-refractivity contribution in [3.05, 3.63) is 205 Å². The van der Waals surface area contributed by atoms with Crippen molar-refractivity contribution in [1.82, 2.24) is 0 Å². The van der Waals surface area contributed by atoms with Crippen molar-refractivity contribution < 1.29 is 0 Å². The van der Waals surface area contributed by atoms with Gasteiger partial charge in [-0.25, -0.2) is 0 Å². The quantitative estimate of drug-likeness (QED) is 0.158. The molecule has 12 rings (SSSR count). The third kappa shape index (κ3) is 4.85. The Hall–Kier alpha value is -6.80. The van der Waals surface area contributed by atoms with Gasteiger partial charge in [0, 0.05) is 20.2 Å². The minimum absolute atomic E-state index is 0.979. The maximum Gasteiger partial charge on any atom is 0.0433 e. The third-order valence-electron chi connectivity index (χ3n) is 12.1. The van der Waals surface area contributed by atoms with Gasteiger partial charge in [0.15, 0.2) is 0 Å². The van der Waals surface area contributed by atoms with Gasteiger partial charge in [-0.1, -0.05) is 164 Å². The number of rotatable bonds is 4. The van der Waals surface area contributed by atoms with Gasteiger partial charge in [0.05, 0.1) is 0 Å². The monoisotopic (exact) mass is 726 g/mol. The Balaban J connectivity index is 0.999. The van der Waals surface area contributed by atoms with E-state index in [1.54, 1.807) is 0 Å². The molecular weight excluding hydrogens is 693 g/mol. The normalized spacial score (nSPS) is 12.2. The van der Waals surface area contributed by atoms with Crippen molar-refractivity contribution in [2.75, 3.05) is 0 Å². The summed E-state index contributed by atoms with van der Waals surface area (Å²) in [6.07, 6.45) is 0.979. The summed E-state index contributed by atoms with van der Waals surface area (Å²) >= 11 is 1.89. The van der Waals surface area contributed by atoms with Crippen molar-refractivity contribution in [2.24, 2.45) is 0 Å². The predicted octanol–water partition coefficient (Wildman–Crippen LogP) is 15.8. The van der Waals surface area contributed by atoms with E-state index in [0.717, 1.165) is 6.42 Å². The molecule has 11 aromatic rings. The molecule has 1 aliphatic rings. The second kappa shape index (κ2) is 12.4. The van der Waals surface area contributed by atoms with Crippen LogP contribution in [0.5, 0.6) is 0 Å². The summed E-state index contributed by atoms with van der Waals surface area (Å²) in [4.78, 5) is 0. The van der Waals surface area contributed by atoms with Crippen LogP contribution in [0, 0.1) is 0 Å². The van der Waals surface area contributed by atoms with Crippen molar-refractivity contribution in [2.45, 2.75) is 6.42 Å². The first kappa shape index (κ1) is 31.5. The van der Waals surface area contributed by atoms with Gasteiger partial charge >= 0.3 is 0 Å². The number of hydrogen-bond acceptors (Lipinski definition) is 1. The van der Waals surface area contributed by atoms with Crippen molar-refractivity contribution in [1.29, 1.82) is 0 Å². The van der Waals surface area contributed by atoms with Gasteiger partial charge in [-0.3, -0.25) is 0 Å². The van der Waals surface area contributed by atoms with Crippen molar-refractivity contribution >= 4 is 63.8 Å². The van der Waals surface area contributed by atoms with Gasteiger partial charge in [-0.05, 0) is 136 Å². The van der Waals surface area contributed by atoms with Crippen LogP contribution >= 0.6 is 11.3 Å². The molecule has 10 aromatic carbocycles. The van der Waals surface area contributed by atoms with Crippen LogP contribution in [-0.4, -0.2) is 0 Å². The molecule has 1 aliphatic carbocycles. The molecule has 0 amide bonds. The second-order valence-electron chi connectivity index (χ2n) is 15.2. The topological polar surface area (TPSA) is 0 Å². The summed E-state index contributed by atoms with van der Waals surface area (Å²) < 4.78 is 2.68. The van der Waals surface area contributed by atoms with E-state index in [9.17, 15) is 0 Å². The first-order valence-electron chi connectivity index (χ1n) is 19.5. The highest BCUT2D eigenvalue weighted by atomic mass is 32.1. The van der Waals surface area contributed by atoms with Crippen LogP contribution in [0.1, 0.15) is 11.1 Å². The molecule has 1 heterocycles. The number of benzene rings is 10. The smallest absolute Gasteiger partial charge is 0.0433 e. The minimum atomic E-state index is 0.979. The van der Waals surface area contributed by atoms with Crippen molar-refractivity contribution in [3.63, 3.8) is 0 Å². The molecular formula is C55H34S. The third-order valence-corrected chi connectivity index (χ3v) is 13.3. The zero-order valence-corrected chi connectivity index (χ0v) is 31.4. The average Bonchev–Trinajstić information content (AvgIpc) is 3.85. The number of fused-ring (bicyclic) bond motifs is 12. The summed E-state index contributed by atoms with van der Waals surface area (Å²) in [6.45, 7) is 0. The Kier molecular flexibility index (Phi) is 6.96. The van der Waals surface area contributed by atoms with Crippen LogP contribution in [0.3, 0.4) is 0 Å². The number of thiophene rings is 1. The number of hydrogen-bond donors (Lipinski definition) is 0. The lowest BCUT2D eigenvalue weighted by Gasteiger charge is -2.15. The van der Waals surface area contributed by atoms with E-state index in [1.165, 1.54) is 119 Å². The van der Waals surface area contributed by atoms with E-state index in [0.29, 0.717) is 0 Å². The van der Waals surface area contributed by atoms with Crippen LogP contribution in [-0.2, 0) is 6.42 Å². The van der Waals surface area contributed by atoms with Gasteiger partial charge in [-0.2, -0.15) is 0 Å². The Morgan fingerprint density at radius 3 is 1.50 bits per heavy atom. The SMILES string of the molecule is c1cc(-c2ccc3c4ccccc4c4ccc(-c5cccc(-c6cccc7c6sc6ccccc67)c5)cc4c3c2)cc(-c2cccc3c2Cc2ccccc2-3)c1. The summed E-state index contributed by atoms with van der Waals surface area (Å²) in [6, 6.07) is 72.4. The highest BCUT2D eigenvalue weighted by molar-refractivity contribution is 7.26. The van der Waals surface area contributed by atoms with Gasteiger partial charge < -0.3 is 0 Å². The summed E-state index contributed by atoms with van der Waals surface area (Å²) in [5, 5.41) is 10.4. The Morgan fingerprint density at radius 2 is 0.768 bits per heavy atom. The molecule has 0 saturated carbocycles. The molecule has 0 N–H and O–H groups in total. The summed E-state index contributed by atoms with van der Waals surface area (Å²) in [7, 11) is 0. The van der Waals surface area contributed by atoms with Gasteiger partial charge in [-0.15, -0.1) is 11.3 Å². The highest BCUT2D eigenvalue weighted by Gasteiger charge is 2.21. The van der Waals surface area contributed by atoms with E-state index >= 15 is 0 Å². The van der Waals surface area contributed by atoms with E-state index < -0.39 is 0 Å². The molecule has 1 aromatic heterocycles. The summed E-state index contributed by atoms with van der Waals surface area (Å²) in [5.41, 5.74) is 15.6. The molecule has 1 heteroatoms. The van der Waals surface area contributed by atoms with E-state index in [1.807, 2.05) is 11.3 Å². The Bertz CT molecular complexity index is 3400. The molecule has 0 radical (unpaired) electrons. The molecule has 0 fully saturated rings. The van der Waals surface area contributed by atoms with Crippen LogP contribution < -0.4 is 0 Å². The predicted molar refractivity (Wildman–Crippen MR) is 242 cm³/mol. The summed E-state index contributed by atoms with van der Waals surface area (Å²) in [5.74, 6) is 0. The molecule has 0 nitrogen and oxygen atoms in total. The largest absolute Gasteiger partial charge is 0.135 e. The molecule has 0 saturated heterocycles. The van der Waals surface area contributed by atoms with E-state index in [2.05, 4.69) is 194 Å². The lowest BCUT2D eigenvalue weighted by Crippen LogP contribution is -1.89. The molecule has 0 atom stereocenters. The molecule has 260 valence electrons. The second-order valence-corrected chi connectivity index (χ2v) is 16.2.